The Morgan fingerprint density at radius 1 is 1.46 bits per heavy atom. The number of hydrogen-bond donors (Lipinski definition) is 4. The molecule has 5 nitrogen and oxygen atoms in total. The Morgan fingerprint density at radius 2 is 2.08 bits per heavy atom. The second-order valence-corrected chi connectivity index (χ2v) is 4.13. The Hall–Kier alpha value is -0.200. The van der Waals surface area contributed by atoms with E-state index in [9.17, 15) is 15.3 Å². The Balaban J connectivity index is 2.39. The van der Waals surface area contributed by atoms with Crippen LogP contribution in [0.15, 0.2) is 0 Å². The highest BCUT2D eigenvalue weighted by Crippen LogP contribution is 2.49. The van der Waals surface area contributed by atoms with Crippen LogP contribution in [0.25, 0.3) is 0 Å². The van der Waals surface area contributed by atoms with E-state index in [1.165, 1.54) is 6.92 Å². The smallest absolute Gasteiger partial charge is 0.124 e. The fraction of sp³-hybridized carbons (Fsp3) is 1.00. The maximum absolute atomic E-state index is 9.91. The van der Waals surface area contributed by atoms with Crippen molar-refractivity contribution in [2.75, 3.05) is 13.2 Å². The minimum atomic E-state index is -1.50. The zero-order valence-electron chi connectivity index (χ0n) is 7.34. The number of fused-ring (bicyclic) bond motifs is 2. The molecule has 2 bridgehead atoms. The first kappa shape index (κ1) is 9.36. The molecule has 0 spiro atoms. The van der Waals surface area contributed by atoms with Crippen molar-refractivity contribution in [2.45, 2.75) is 30.3 Å². The van der Waals surface area contributed by atoms with Crippen molar-refractivity contribution in [3.05, 3.63) is 0 Å². The van der Waals surface area contributed by atoms with Gasteiger partial charge in [0.05, 0.1) is 18.8 Å². The van der Waals surface area contributed by atoms with Gasteiger partial charge in [0.1, 0.15) is 17.8 Å². The van der Waals surface area contributed by atoms with Crippen LogP contribution in [-0.4, -0.2) is 57.0 Å². The molecule has 1 aliphatic heterocycles. The predicted molar refractivity (Wildman–Crippen MR) is 41.9 cm³/mol. The highest BCUT2D eigenvalue weighted by molar-refractivity contribution is 5.19. The second-order valence-electron chi connectivity index (χ2n) is 4.13. The van der Waals surface area contributed by atoms with Crippen LogP contribution in [0.1, 0.15) is 6.92 Å². The molecule has 2 aliphatic rings. The van der Waals surface area contributed by atoms with E-state index < -0.39 is 29.3 Å². The number of aliphatic hydroxyl groups is 4. The van der Waals surface area contributed by atoms with E-state index in [2.05, 4.69) is 0 Å². The third kappa shape index (κ3) is 0.884. The molecule has 1 aliphatic carbocycles. The number of ether oxygens (including phenoxy) is 1. The fourth-order valence-corrected chi connectivity index (χ4v) is 2.50. The summed E-state index contributed by atoms with van der Waals surface area (Å²) in [4.78, 5) is 0. The summed E-state index contributed by atoms with van der Waals surface area (Å²) >= 11 is 0. The Labute approximate surface area is 75.6 Å². The molecule has 76 valence electrons. The van der Waals surface area contributed by atoms with Crippen molar-refractivity contribution in [1.82, 2.24) is 0 Å². The molecule has 0 aromatic heterocycles. The van der Waals surface area contributed by atoms with Crippen molar-refractivity contribution < 1.29 is 25.2 Å². The minimum Gasteiger partial charge on any atom is -0.396 e. The molecule has 5 atom stereocenters. The van der Waals surface area contributed by atoms with Gasteiger partial charge in [0, 0.05) is 5.92 Å². The molecule has 1 heterocycles. The summed E-state index contributed by atoms with van der Waals surface area (Å²) in [7, 11) is 0. The molecule has 0 aromatic carbocycles. The SMILES string of the molecule is C[C@]1(O)[C@@H]2OC[C@@](O)([C@@H]2O)[C@@H]1CO. The zero-order chi connectivity index (χ0) is 9.85. The van der Waals surface area contributed by atoms with Gasteiger partial charge in [-0.1, -0.05) is 0 Å². The van der Waals surface area contributed by atoms with Gasteiger partial charge >= 0.3 is 0 Å². The molecule has 13 heavy (non-hydrogen) atoms. The van der Waals surface area contributed by atoms with Crippen molar-refractivity contribution in [3.8, 4) is 0 Å². The molecular formula is C8H14O5. The third-order valence-corrected chi connectivity index (χ3v) is 3.36. The number of aliphatic hydroxyl groups excluding tert-OH is 2. The summed E-state index contributed by atoms with van der Waals surface area (Å²) in [5.74, 6) is -0.742. The highest BCUT2D eigenvalue weighted by Gasteiger charge is 2.70. The summed E-state index contributed by atoms with van der Waals surface area (Å²) in [6.07, 6.45) is -1.91. The van der Waals surface area contributed by atoms with Crippen LogP contribution < -0.4 is 0 Å². The maximum Gasteiger partial charge on any atom is 0.124 e. The first-order chi connectivity index (χ1) is 5.94. The zero-order valence-corrected chi connectivity index (χ0v) is 7.34. The lowest BCUT2D eigenvalue weighted by Crippen LogP contribution is -2.53. The lowest BCUT2D eigenvalue weighted by Gasteiger charge is -2.37. The molecule has 2 fully saturated rings. The van der Waals surface area contributed by atoms with Crippen LogP contribution in [0.3, 0.4) is 0 Å². The molecule has 0 aromatic rings. The van der Waals surface area contributed by atoms with Gasteiger partial charge in [-0.2, -0.15) is 0 Å². The third-order valence-electron chi connectivity index (χ3n) is 3.36. The van der Waals surface area contributed by atoms with E-state index >= 15 is 0 Å². The van der Waals surface area contributed by atoms with Crippen molar-refractivity contribution in [3.63, 3.8) is 0 Å². The monoisotopic (exact) mass is 190 g/mol. The lowest BCUT2D eigenvalue weighted by atomic mass is 9.83. The summed E-state index contributed by atoms with van der Waals surface area (Å²) < 4.78 is 5.05. The largest absolute Gasteiger partial charge is 0.396 e. The number of rotatable bonds is 1. The van der Waals surface area contributed by atoms with Crippen LogP contribution in [0, 0.1) is 5.92 Å². The normalized spacial score (nSPS) is 60.2. The highest BCUT2D eigenvalue weighted by atomic mass is 16.6. The van der Waals surface area contributed by atoms with E-state index in [0.717, 1.165) is 0 Å². The van der Waals surface area contributed by atoms with Crippen LogP contribution in [0.5, 0.6) is 0 Å². The average Bonchev–Trinajstić information content (AvgIpc) is 2.36. The molecule has 0 unspecified atom stereocenters. The Morgan fingerprint density at radius 3 is 2.38 bits per heavy atom. The van der Waals surface area contributed by atoms with Gasteiger partial charge in [-0.05, 0) is 6.92 Å². The van der Waals surface area contributed by atoms with Gasteiger partial charge in [0.15, 0.2) is 0 Å². The first-order valence-electron chi connectivity index (χ1n) is 4.30. The van der Waals surface area contributed by atoms with E-state index in [4.69, 9.17) is 9.84 Å². The molecular weight excluding hydrogens is 176 g/mol. The predicted octanol–water partition coefficient (Wildman–Crippen LogP) is -2.15. The molecule has 1 saturated heterocycles. The average molecular weight is 190 g/mol. The Bertz CT molecular complexity index is 229. The molecule has 5 heteroatoms. The molecule has 0 amide bonds. The fourth-order valence-electron chi connectivity index (χ4n) is 2.50. The first-order valence-corrected chi connectivity index (χ1v) is 4.30. The summed E-state index contributed by atoms with van der Waals surface area (Å²) in [6, 6.07) is 0. The van der Waals surface area contributed by atoms with Gasteiger partial charge in [-0.15, -0.1) is 0 Å². The van der Waals surface area contributed by atoms with E-state index in [1.54, 1.807) is 0 Å². The van der Waals surface area contributed by atoms with Crippen LogP contribution in [-0.2, 0) is 4.74 Å². The molecule has 2 rings (SSSR count). The quantitative estimate of drug-likeness (QED) is 0.378. The lowest BCUT2D eigenvalue weighted by molar-refractivity contribution is -0.179. The van der Waals surface area contributed by atoms with Crippen molar-refractivity contribution >= 4 is 0 Å². The van der Waals surface area contributed by atoms with Gasteiger partial charge in [-0.3, -0.25) is 0 Å². The van der Waals surface area contributed by atoms with E-state index in [1.807, 2.05) is 0 Å². The minimum absolute atomic E-state index is 0.0276. The topological polar surface area (TPSA) is 90.2 Å². The standard InChI is InChI=1S/C8H14O5/c1-7(11)4(2-9)8(12)3-13-6(7)5(8)10/h4-6,9-12H,2-3H2,1H3/t4-,5-,6-,7-,8+/m1/s1. The van der Waals surface area contributed by atoms with Gasteiger partial charge in [-0.25, -0.2) is 0 Å². The number of hydrogen-bond acceptors (Lipinski definition) is 5. The van der Waals surface area contributed by atoms with E-state index in [-0.39, 0.29) is 13.2 Å². The summed E-state index contributed by atoms with van der Waals surface area (Å²) in [6.45, 7) is 1.07. The molecule has 4 N–H and O–H groups in total. The van der Waals surface area contributed by atoms with Crippen LogP contribution in [0.4, 0.5) is 0 Å². The summed E-state index contributed by atoms with van der Waals surface area (Å²) in [5.41, 5.74) is -2.86. The van der Waals surface area contributed by atoms with Gasteiger partial charge in [0.25, 0.3) is 0 Å². The van der Waals surface area contributed by atoms with Crippen LogP contribution in [0.2, 0.25) is 0 Å². The molecule has 0 radical (unpaired) electrons. The second kappa shape index (κ2) is 2.43. The molecule has 1 saturated carbocycles. The Kier molecular flexibility index (Phi) is 1.75. The van der Waals surface area contributed by atoms with Crippen molar-refractivity contribution in [2.24, 2.45) is 5.92 Å². The van der Waals surface area contributed by atoms with Crippen LogP contribution >= 0.6 is 0 Å². The van der Waals surface area contributed by atoms with E-state index in [0.29, 0.717) is 0 Å². The van der Waals surface area contributed by atoms with Gasteiger partial charge < -0.3 is 25.2 Å². The maximum atomic E-state index is 9.91. The van der Waals surface area contributed by atoms with Gasteiger partial charge in [0.2, 0.25) is 0 Å². The van der Waals surface area contributed by atoms with Crippen molar-refractivity contribution in [1.29, 1.82) is 0 Å². The summed E-state index contributed by atoms with van der Waals surface area (Å²) in [5, 5.41) is 38.4.